The second-order valence-corrected chi connectivity index (χ2v) is 7.26. The molecule has 0 amide bonds. The number of H-pyrrole nitrogens is 1. The summed E-state index contributed by atoms with van der Waals surface area (Å²) >= 11 is 7.49. The summed E-state index contributed by atoms with van der Waals surface area (Å²) in [6.07, 6.45) is 1.98. The van der Waals surface area contributed by atoms with E-state index in [0.29, 0.717) is 11.6 Å². The smallest absolute Gasteiger partial charge is 0.191 e. The summed E-state index contributed by atoms with van der Waals surface area (Å²) in [5, 5.41) is 11.4. The number of para-hydroxylation sites is 1. The van der Waals surface area contributed by atoms with Crippen LogP contribution in [0.5, 0.6) is 5.75 Å². The third-order valence-electron chi connectivity index (χ3n) is 4.06. The molecule has 2 aromatic heterocycles. The summed E-state index contributed by atoms with van der Waals surface area (Å²) in [7, 11) is 1.99. The maximum atomic E-state index is 5.87. The van der Waals surface area contributed by atoms with Gasteiger partial charge in [-0.3, -0.25) is 0 Å². The molecule has 1 N–H and O–H groups in total. The van der Waals surface area contributed by atoms with Crippen LogP contribution in [-0.4, -0.2) is 32.1 Å². The van der Waals surface area contributed by atoms with Crippen LogP contribution in [-0.2, 0) is 7.05 Å². The van der Waals surface area contributed by atoms with Gasteiger partial charge in [-0.05, 0) is 30.3 Å². The van der Waals surface area contributed by atoms with Gasteiger partial charge in [-0.1, -0.05) is 41.6 Å². The molecule has 132 valence electrons. The number of halogens is 1. The Morgan fingerprint density at radius 3 is 2.77 bits per heavy atom. The van der Waals surface area contributed by atoms with Crippen molar-refractivity contribution >= 4 is 34.3 Å². The number of thioether (sulfide) groups is 1. The minimum atomic E-state index is 0.585. The number of benzene rings is 2. The molecule has 0 aliphatic carbocycles. The molecule has 0 saturated heterocycles. The van der Waals surface area contributed by atoms with Crippen LogP contribution in [0.1, 0.15) is 0 Å². The summed E-state index contributed by atoms with van der Waals surface area (Å²) in [6.45, 7) is 0.585. The quantitative estimate of drug-likeness (QED) is 0.383. The molecular weight excluding hydrogens is 368 g/mol. The lowest BCUT2D eigenvalue weighted by Gasteiger charge is -2.06. The van der Waals surface area contributed by atoms with E-state index in [4.69, 9.17) is 16.3 Å². The first-order valence-electron chi connectivity index (χ1n) is 8.19. The molecule has 0 spiro atoms. The highest BCUT2D eigenvalue weighted by Crippen LogP contribution is 2.29. The molecule has 2 aromatic carbocycles. The Bertz CT molecular complexity index is 1030. The zero-order chi connectivity index (χ0) is 17.9. The van der Waals surface area contributed by atoms with Gasteiger partial charge < -0.3 is 14.3 Å². The molecule has 0 unspecified atom stereocenters. The fourth-order valence-corrected chi connectivity index (χ4v) is 3.61. The van der Waals surface area contributed by atoms with Crippen molar-refractivity contribution in [3.63, 3.8) is 0 Å². The predicted octanol–water partition coefficient (Wildman–Crippen LogP) is 4.79. The molecule has 0 saturated carbocycles. The minimum Gasteiger partial charge on any atom is -0.493 e. The minimum absolute atomic E-state index is 0.585. The Morgan fingerprint density at radius 1 is 1.12 bits per heavy atom. The lowest BCUT2D eigenvalue weighted by Crippen LogP contribution is -2.02. The lowest BCUT2D eigenvalue weighted by molar-refractivity contribution is 0.344. The monoisotopic (exact) mass is 384 g/mol. The van der Waals surface area contributed by atoms with Crippen LogP contribution in [0.3, 0.4) is 0 Å². The third kappa shape index (κ3) is 3.43. The van der Waals surface area contributed by atoms with E-state index >= 15 is 0 Å². The van der Waals surface area contributed by atoms with Crippen molar-refractivity contribution in [2.75, 3.05) is 12.4 Å². The van der Waals surface area contributed by atoms with Crippen molar-refractivity contribution in [1.82, 2.24) is 19.7 Å². The first-order chi connectivity index (χ1) is 12.7. The maximum Gasteiger partial charge on any atom is 0.191 e. The highest BCUT2D eigenvalue weighted by molar-refractivity contribution is 7.99. The Hall–Kier alpha value is -2.44. The van der Waals surface area contributed by atoms with Crippen LogP contribution in [0, 0.1) is 0 Å². The topological polar surface area (TPSA) is 55.7 Å². The van der Waals surface area contributed by atoms with Crippen molar-refractivity contribution in [1.29, 1.82) is 0 Å². The van der Waals surface area contributed by atoms with Gasteiger partial charge in [0.25, 0.3) is 0 Å². The fraction of sp³-hybridized carbons (Fsp3) is 0.158. The van der Waals surface area contributed by atoms with Crippen molar-refractivity contribution in [2.45, 2.75) is 5.16 Å². The molecule has 0 radical (unpaired) electrons. The van der Waals surface area contributed by atoms with Crippen molar-refractivity contribution < 1.29 is 4.74 Å². The van der Waals surface area contributed by atoms with E-state index in [-0.39, 0.29) is 0 Å². The average molecular weight is 385 g/mol. The molecule has 4 rings (SSSR count). The SMILES string of the molecule is Cn1c(SCCOc2ccc(Cl)cc2)nnc1-c1c[nH]c2ccccc12. The van der Waals surface area contributed by atoms with Gasteiger partial charge in [-0.15, -0.1) is 10.2 Å². The van der Waals surface area contributed by atoms with Crippen molar-refractivity contribution in [3.8, 4) is 17.1 Å². The molecule has 5 nitrogen and oxygen atoms in total. The Labute approximate surface area is 160 Å². The van der Waals surface area contributed by atoms with E-state index in [1.54, 1.807) is 11.8 Å². The number of ether oxygens (including phenoxy) is 1. The zero-order valence-corrected chi connectivity index (χ0v) is 15.7. The molecule has 26 heavy (non-hydrogen) atoms. The van der Waals surface area contributed by atoms with Crippen molar-refractivity contribution in [2.24, 2.45) is 7.05 Å². The van der Waals surface area contributed by atoms with Gasteiger partial charge >= 0.3 is 0 Å². The molecule has 0 atom stereocenters. The largest absolute Gasteiger partial charge is 0.493 e. The maximum absolute atomic E-state index is 5.87. The first-order valence-corrected chi connectivity index (χ1v) is 9.56. The zero-order valence-electron chi connectivity index (χ0n) is 14.1. The van der Waals surface area contributed by atoms with Crippen LogP contribution in [0.15, 0.2) is 59.9 Å². The number of fused-ring (bicyclic) bond motifs is 1. The highest BCUT2D eigenvalue weighted by Gasteiger charge is 2.14. The Morgan fingerprint density at radius 2 is 1.92 bits per heavy atom. The highest BCUT2D eigenvalue weighted by atomic mass is 35.5. The molecule has 0 fully saturated rings. The third-order valence-corrected chi connectivity index (χ3v) is 5.30. The van der Waals surface area contributed by atoms with E-state index in [9.17, 15) is 0 Å². The number of hydrogen-bond acceptors (Lipinski definition) is 4. The number of hydrogen-bond donors (Lipinski definition) is 1. The van der Waals surface area contributed by atoms with Crippen LogP contribution < -0.4 is 4.74 Å². The lowest BCUT2D eigenvalue weighted by atomic mass is 10.1. The second-order valence-electron chi connectivity index (χ2n) is 5.76. The number of nitrogens with zero attached hydrogens (tertiary/aromatic N) is 3. The Balaban J connectivity index is 1.42. The summed E-state index contributed by atoms with van der Waals surface area (Å²) in [5.74, 6) is 2.44. The van der Waals surface area contributed by atoms with Gasteiger partial charge in [-0.25, -0.2) is 0 Å². The predicted molar refractivity (Wildman–Crippen MR) is 106 cm³/mol. The van der Waals surface area contributed by atoms with E-state index < -0.39 is 0 Å². The van der Waals surface area contributed by atoms with Gasteiger partial charge in [0, 0.05) is 40.5 Å². The normalized spacial score (nSPS) is 11.2. The van der Waals surface area contributed by atoms with Crippen LogP contribution in [0.4, 0.5) is 0 Å². The van der Waals surface area contributed by atoms with Gasteiger partial charge in [0.2, 0.25) is 0 Å². The Kier molecular flexibility index (Phi) is 4.86. The van der Waals surface area contributed by atoms with Crippen molar-refractivity contribution in [3.05, 3.63) is 59.8 Å². The van der Waals surface area contributed by atoms with Gasteiger partial charge in [0.1, 0.15) is 5.75 Å². The van der Waals surface area contributed by atoms with E-state index in [0.717, 1.165) is 38.9 Å². The van der Waals surface area contributed by atoms with E-state index in [1.165, 1.54) is 0 Å². The first kappa shape index (κ1) is 17.0. The summed E-state index contributed by atoms with van der Waals surface area (Å²) in [4.78, 5) is 3.28. The average Bonchev–Trinajstić information content (AvgIpc) is 3.24. The molecule has 2 heterocycles. The molecular formula is C19H17ClN4OS. The number of aromatic amines is 1. The molecule has 0 aliphatic rings. The van der Waals surface area contributed by atoms with E-state index in [2.05, 4.69) is 27.3 Å². The summed E-state index contributed by atoms with van der Waals surface area (Å²) in [5.41, 5.74) is 2.15. The second kappa shape index (κ2) is 7.43. The molecule has 0 aliphatic heterocycles. The molecule has 0 bridgehead atoms. The fourth-order valence-electron chi connectivity index (χ4n) is 2.75. The number of rotatable bonds is 6. The van der Waals surface area contributed by atoms with Gasteiger partial charge in [0.05, 0.1) is 6.61 Å². The standard InChI is InChI=1S/C19H17ClN4OS/c1-24-18(16-12-21-17-5-3-2-4-15(16)17)22-23-19(24)26-11-10-25-14-8-6-13(20)7-9-14/h2-9,12,21H,10-11H2,1H3. The summed E-state index contributed by atoms with van der Waals surface area (Å²) < 4.78 is 7.73. The van der Waals surface area contributed by atoms with Crippen LogP contribution >= 0.6 is 23.4 Å². The van der Waals surface area contributed by atoms with Gasteiger partial charge in [-0.2, -0.15) is 0 Å². The number of aromatic nitrogens is 4. The molecule has 4 aromatic rings. The van der Waals surface area contributed by atoms with E-state index in [1.807, 2.05) is 54.2 Å². The van der Waals surface area contributed by atoms with Crippen LogP contribution in [0.2, 0.25) is 5.02 Å². The van der Waals surface area contributed by atoms with Crippen LogP contribution in [0.25, 0.3) is 22.3 Å². The van der Waals surface area contributed by atoms with Gasteiger partial charge in [0.15, 0.2) is 11.0 Å². The molecule has 7 heteroatoms. The number of nitrogens with one attached hydrogen (secondary N) is 1. The summed E-state index contributed by atoms with van der Waals surface area (Å²) in [6, 6.07) is 15.6.